The maximum atomic E-state index is 12.7. The van der Waals surface area contributed by atoms with Crippen molar-refractivity contribution in [3.05, 3.63) is 112 Å². The molecule has 0 saturated heterocycles. The van der Waals surface area contributed by atoms with Crippen LogP contribution in [0.5, 0.6) is 0 Å². The lowest BCUT2D eigenvalue weighted by Crippen LogP contribution is -2.02. The third kappa shape index (κ3) is 4.22. The number of hydrogen-bond donors (Lipinski definition) is 0. The fourth-order valence-electron chi connectivity index (χ4n) is 3.45. The van der Waals surface area contributed by atoms with E-state index in [0.717, 1.165) is 22.0 Å². The third-order valence-corrected chi connectivity index (χ3v) is 6.46. The van der Waals surface area contributed by atoms with E-state index in [1.54, 1.807) is 17.8 Å². The molecule has 3 aromatic carbocycles. The summed E-state index contributed by atoms with van der Waals surface area (Å²) in [4.78, 5) is 17.5. The summed E-state index contributed by atoms with van der Waals surface area (Å²) in [5.74, 6) is 0.761. The van der Waals surface area contributed by atoms with Crippen LogP contribution in [-0.2, 0) is 5.75 Å². The van der Waals surface area contributed by atoms with Crippen molar-refractivity contribution in [3.63, 3.8) is 0 Å². The van der Waals surface area contributed by atoms with Crippen LogP contribution in [0.3, 0.4) is 0 Å². The number of aryl methyl sites for hydroxylation is 1. The molecule has 0 aliphatic heterocycles. The van der Waals surface area contributed by atoms with Crippen LogP contribution in [0.1, 0.15) is 11.1 Å². The molecule has 0 fully saturated rings. The Balaban J connectivity index is 1.57. The molecule has 0 aliphatic rings. The number of nitrogens with zero attached hydrogens (tertiary/aromatic N) is 2. The minimum atomic E-state index is -0.403. The average molecular weight is 459 g/mol. The molecule has 0 atom stereocenters. The first-order chi connectivity index (χ1) is 15.6. The molecule has 0 N–H and O–H groups in total. The van der Waals surface area contributed by atoms with Gasteiger partial charge in [0.15, 0.2) is 5.16 Å². The second-order valence-corrected chi connectivity index (χ2v) is 8.89. The molecule has 5 rings (SSSR count). The summed E-state index contributed by atoms with van der Waals surface area (Å²) in [5.41, 5.74) is 4.53. The highest BCUT2D eigenvalue weighted by Crippen LogP contribution is 2.30. The van der Waals surface area contributed by atoms with E-state index in [-0.39, 0.29) is 0 Å². The van der Waals surface area contributed by atoms with Crippen LogP contribution in [0.2, 0.25) is 5.02 Å². The highest BCUT2D eigenvalue weighted by molar-refractivity contribution is 7.98. The highest BCUT2D eigenvalue weighted by atomic mass is 35.5. The zero-order chi connectivity index (χ0) is 22.1. The van der Waals surface area contributed by atoms with Crippen molar-refractivity contribution in [2.24, 2.45) is 0 Å². The molecule has 0 saturated carbocycles. The molecular weight excluding hydrogens is 440 g/mol. The number of benzene rings is 3. The van der Waals surface area contributed by atoms with Gasteiger partial charge in [0.05, 0.1) is 11.3 Å². The molecule has 0 aliphatic carbocycles. The van der Waals surface area contributed by atoms with Gasteiger partial charge in [-0.05, 0) is 48.9 Å². The van der Waals surface area contributed by atoms with Gasteiger partial charge in [-0.25, -0.2) is 9.78 Å². The lowest BCUT2D eigenvalue weighted by molar-refractivity contribution is 0.563. The Morgan fingerprint density at radius 2 is 1.75 bits per heavy atom. The van der Waals surface area contributed by atoms with E-state index in [1.807, 2.05) is 59.3 Å². The van der Waals surface area contributed by atoms with Gasteiger partial charge < -0.3 is 4.42 Å². The van der Waals surface area contributed by atoms with Crippen LogP contribution in [-0.4, -0.2) is 9.55 Å². The molecule has 0 radical (unpaired) electrons. The van der Waals surface area contributed by atoms with Gasteiger partial charge in [0.1, 0.15) is 5.58 Å². The predicted molar refractivity (Wildman–Crippen MR) is 131 cm³/mol. The molecule has 6 heteroatoms. The first-order valence-corrected chi connectivity index (χ1v) is 11.5. The zero-order valence-corrected chi connectivity index (χ0v) is 18.9. The normalized spacial score (nSPS) is 11.2. The fourth-order valence-corrected chi connectivity index (χ4v) is 4.53. The van der Waals surface area contributed by atoms with Crippen molar-refractivity contribution < 1.29 is 4.42 Å². The van der Waals surface area contributed by atoms with Gasteiger partial charge in [-0.1, -0.05) is 71.4 Å². The van der Waals surface area contributed by atoms with Gasteiger partial charge in [0.2, 0.25) is 0 Å². The first-order valence-electron chi connectivity index (χ1n) is 10.1. The maximum Gasteiger partial charge on any atom is 0.345 e. The van der Waals surface area contributed by atoms with Crippen molar-refractivity contribution in [3.8, 4) is 16.9 Å². The van der Waals surface area contributed by atoms with Gasteiger partial charge in [-0.15, -0.1) is 0 Å². The zero-order valence-electron chi connectivity index (χ0n) is 17.3. The Kier molecular flexibility index (Phi) is 5.60. The Morgan fingerprint density at radius 1 is 1.00 bits per heavy atom. The molecule has 4 nitrogen and oxygen atoms in total. The average Bonchev–Trinajstić information content (AvgIpc) is 3.22. The van der Waals surface area contributed by atoms with Gasteiger partial charge in [-0.3, -0.25) is 4.57 Å². The van der Waals surface area contributed by atoms with Gasteiger partial charge >= 0.3 is 5.63 Å². The summed E-state index contributed by atoms with van der Waals surface area (Å²) in [6.45, 7) is 2.07. The summed E-state index contributed by atoms with van der Waals surface area (Å²) in [6, 6.07) is 25.3. The standard InChI is InChI=1S/C26H19ClN2O2S/c1-17-6-8-18(9-7-17)16-32-26-28-23(15-29(26)21-12-10-20(27)11-13-21)22-14-19-4-2-3-5-24(19)31-25(22)30/h2-15H,16H2,1H3. The molecule has 2 aromatic heterocycles. The van der Waals surface area contributed by atoms with E-state index in [9.17, 15) is 4.79 Å². The van der Waals surface area contributed by atoms with Crippen LogP contribution in [0, 0.1) is 6.92 Å². The topological polar surface area (TPSA) is 48.0 Å². The molecule has 2 heterocycles. The van der Waals surface area contributed by atoms with E-state index in [2.05, 4.69) is 31.2 Å². The third-order valence-electron chi connectivity index (χ3n) is 5.18. The summed E-state index contributed by atoms with van der Waals surface area (Å²) >= 11 is 7.70. The molecule has 0 spiro atoms. The summed E-state index contributed by atoms with van der Waals surface area (Å²) in [5, 5.41) is 2.31. The number of hydrogen-bond acceptors (Lipinski definition) is 4. The summed E-state index contributed by atoms with van der Waals surface area (Å²) < 4.78 is 7.51. The molecule has 0 bridgehead atoms. The first kappa shape index (κ1) is 20.6. The van der Waals surface area contributed by atoms with Gasteiger partial charge in [0, 0.05) is 28.0 Å². The SMILES string of the molecule is Cc1ccc(CSc2nc(-c3cc4ccccc4oc3=O)cn2-c2ccc(Cl)cc2)cc1. The monoisotopic (exact) mass is 458 g/mol. The molecule has 5 aromatic rings. The van der Waals surface area contributed by atoms with E-state index in [4.69, 9.17) is 21.0 Å². The highest BCUT2D eigenvalue weighted by Gasteiger charge is 2.16. The Morgan fingerprint density at radius 3 is 2.53 bits per heavy atom. The summed E-state index contributed by atoms with van der Waals surface area (Å²) in [6.07, 6.45) is 1.88. The van der Waals surface area contributed by atoms with Gasteiger partial charge in [0.25, 0.3) is 0 Å². The predicted octanol–water partition coefficient (Wildman–Crippen LogP) is 6.90. The Hall–Kier alpha value is -3.28. The van der Waals surface area contributed by atoms with Crippen LogP contribution >= 0.6 is 23.4 Å². The summed E-state index contributed by atoms with van der Waals surface area (Å²) in [7, 11) is 0. The quantitative estimate of drug-likeness (QED) is 0.212. The number of para-hydroxylation sites is 1. The van der Waals surface area contributed by atoms with Crippen molar-refractivity contribution in [1.29, 1.82) is 0 Å². The maximum absolute atomic E-state index is 12.7. The van der Waals surface area contributed by atoms with Crippen molar-refractivity contribution in [1.82, 2.24) is 9.55 Å². The van der Waals surface area contributed by atoms with E-state index < -0.39 is 5.63 Å². The minimum absolute atomic E-state index is 0.403. The molecular formula is C26H19ClN2O2S. The number of aromatic nitrogens is 2. The van der Waals surface area contributed by atoms with E-state index >= 15 is 0 Å². The molecule has 0 unspecified atom stereocenters. The van der Waals surface area contributed by atoms with Crippen LogP contribution in [0.15, 0.2) is 99.4 Å². The second kappa shape index (κ2) is 8.69. The largest absolute Gasteiger partial charge is 0.422 e. The Bertz CT molecular complexity index is 1450. The number of fused-ring (bicyclic) bond motifs is 1. The van der Waals surface area contributed by atoms with Crippen molar-refractivity contribution in [2.45, 2.75) is 17.8 Å². The van der Waals surface area contributed by atoms with Crippen LogP contribution < -0.4 is 5.63 Å². The number of halogens is 1. The van der Waals surface area contributed by atoms with Crippen molar-refractivity contribution >= 4 is 34.3 Å². The lowest BCUT2D eigenvalue weighted by Gasteiger charge is -2.07. The molecule has 158 valence electrons. The number of rotatable bonds is 5. The fraction of sp³-hybridized carbons (Fsp3) is 0.0769. The van der Waals surface area contributed by atoms with Crippen LogP contribution in [0.4, 0.5) is 0 Å². The van der Waals surface area contributed by atoms with Gasteiger partial charge in [-0.2, -0.15) is 0 Å². The van der Waals surface area contributed by atoms with Crippen LogP contribution in [0.25, 0.3) is 27.9 Å². The Labute approximate surface area is 194 Å². The van der Waals surface area contributed by atoms with E-state index in [0.29, 0.717) is 21.9 Å². The molecule has 0 amide bonds. The lowest BCUT2D eigenvalue weighted by atomic mass is 10.1. The minimum Gasteiger partial charge on any atom is -0.422 e. The number of thioether (sulfide) groups is 1. The number of imidazole rings is 1. The molecule has 32 heavy (non-hydrogen) atoms. The van der Waals surface area contributed by atoms with Crippen molar-refractivity contribution in [2.75, 3.05) is 0 Å². The second-order valence-electron chi connectivity index (χ2n) is 7.51. The van der Waals surface area contributed by atoms with E-state index in [1.165, 1.54) is 11.1 Å². The smallest absolute Gasteiger partial charge is 0.345 e.